The Bertz CT molecular complexity index is 1170. The molecule has 4 rings (SSSR count). The van der Waals surface area contributed by atoms with E-state index in [2.05, 4.69) is 11.8 Å². The standard InChI is InChI=1S/C29H40N2O6/c1-18-19(2)25-22(20(3)24(18)34-6)11-12-29(4,37-25)28(32)31-15-13-30(14-16-31)17-21-9-10-23(33-5)27(36-8)26(21)35-7/h9-10H,11-17H2,1-8H3. The quantitative estimate of drug-likeness (QED) is 0.554. The van der Waals surface area contributed by atoms with Gasteiger partial charge in [0.2, 0.25) is 5.75 Å². The van der Waals surface area contributed by atoms with E-state index in [0.717, 1.165) is 58.8 Å². The van der Waals surface area contributed by atoms with Crippen molar-refractivity contribution in [3.63, 3.8) is 0 Å². The van der Waals surface area contributed by atoms with E-state index in [1.165, 1.54) is 0 Å². The second-order valence-corrected chi connectivity index (χ2v) is 10.1. The summed E-state index contributed by atoms with van der Waals surface area (Å²) in [6.07, 6.45) is 1.44. The minimum atomic E-state index is -0.875. The number of benzene rings is 2. The number of hydrogen-bond donors (Lipinski definition) is 0. The number of methoxy groups -OCH3 is 4. The van der Waals surface area contributed by atoms with Crippen LogP contribution in [0, 0.1) is 20.8 Å². The molecule has 0 N–H and O–H groups in total. The van der Waals surface area contributed by atoms with Crippen LogP contribution in [0.25, 0.3) is 0 Å². The van der Waals surface area contributed by atoms with E-state index >= 15 is 0 Å². The van der Waals surface area contributed by atoms with Crippen LogP contribution in [0.5, 0.6) is 28.7 Å². The molecule has 0 aromatic heterocycles. The predicted octanol–water partition coefficient (Wildman–Crippen LogP) is 4.07. The highest BCUT2D eigenvalue weighted by atomic mass is 16.5. The zero-order valence-electron chi connectivity index (χ0n) is 23.4. The average molecular weight is 513 g/mol. The molecule has 2 heterocycles. The van der Waals surface area contributed by atoms with Gasteiger partial charge < -0.3 is 28.6 Å². The number of ether oxygens (including phenoxy) is 5. The van der Waals surface area contributed by atoms with Gasteiger partial charge in [-0.2, -0.15) is 0 Å². The Morgan fingerprint density at radius 2 is 1.51 bits per heavy atom. The van der Waals surface area contributed by atoms with Gasteiger partial charge in [-0.1, -0.05) is 6.07 Å². The molecule has 1 unspecified atom stereocenters. The Morgan fingerprint density at radius 3 is 2.11 bits per heavy atom. The molecule has 1 atom stereocenters. The first-order chi connectivity index (χ1) is 17.7. The molecule has 1 amide bonds. The van der Waals surface area contributed by atoms with Crippen LogP contribution >= 0.6 is 0 Å². The van der Waals surface area contributed by atoms with Crippen LogP contribution in [0.15, 0.2) is 12.1 Å². The summed E-state index contributed by atoms with van der Waals surface area (Å²) in [5.41, 5.74) is 4.52. The highest BCUT2D eigenvalue weighted by Crippen LogP contribution is 2.44. The van der Waals surface area contributed by atoms with Gasteiger partial charge in [0.05, 0.1) is 28.4 Å². The van der Waals surface area contributed by atoms with E-state index in [-0.39, 0.29) is 5.91 Å². The number of nitrogens with zero attached hydrogens (tertiary/aromatic N) is 2. The second kappa shape index (κ2) is 10.7. The van der Waals surface area contributed by atoms with Gasteiger partial charge in [-0.3, -0.25) is 9.69 Å². The van der Waals surface area contributed by atoms with Gasteiger partial charge in [0, 0.05) is 50.3 Å². The highest BCUT2D eigenvalue weighted by Gasteiger charge is 2.43. The molecule has 0 radical (unpaired) electrons. The summed E-state index contributed by atoms with van der Waals surface area (Å²) >= 11 is 0. The topological polar surface area (TPSA) is 69.7 Å². The van der Waals surface area contributed by atoms with E-state index in [4.69, 9.17) is 23.7 Å². The van der Waals surface area contributed by atoms with Crippen molar-refractivity contribution in [3.8, 4) is 28.7 Å². The first-order valence-corrected chi connectivity index (χ1v) is 12.8. The lowest BCUT2D eigenvalue weighted by molar-refractivity contribution is -0.150. The third kappa shape index (κ3) is 4.79. The number of rotatable bonds is 7. The first kappa shape index (κ1) is 26.9. The number of fused-ring (bicyclic) bond motifs is 1. The molecule has 2 aromatic rings. The van der Waals surface area contributed by atoms with Crippen LogP contribution in [0.1, 0.15) is 41.2 Å². The summed E-state index contributed by atoms with van der Waals surface area (Å²) in [6.45, 7) is 11.7. The maximum Gasteiger partial charge on any atom is 0.266 e. The Morgan fingerprint density at radius 1 is 0.865 bits per heavy atom. The molecule has 8 nitrogen and oxygen atoms in total. The summed E-state index contributed by atoms with van der Waals surface area (Å²) in [5, 5.41) is 0. The van der Waals surface area contributed by atoms with E-state index in [1.807, 2.05) is 37.8 Å². The van der Waals surface area contributed by atoms with Crippen LogP contribution in [0.2, 0.25) is 0 Å². The van der Waals surface area contributed by atoms with Crippen molar-refractivity contribution in [2.45, 2.75) is 52.7 Å². The van der Waals surface area contributed by atoms with Crippen molar-refractivity contribution >= 4 is 5.91 Å². The first-order valence-electron chi connectivity index (χ1n) is 12.8. The van der Waals surface area contributed by atoms with Gasteiger partial charge >= 0.3 is 0 Å². The van der Waals surface area contributed by atoms with Crippen LogP contribution < -0.4 is 23.7 Å². The second-order valence-electron chi connectivity index (χ2n) is 10.1. The molecular weight excluding hydrogens is 472 g/mol. The highest BCUT2D eigenvalue weighted by molar-refractivity contribution is 5.86. The lowest BCUT2D eigenvalue weighted by Gasteiger charge is -2.42. The SMILES string of the molecule is COc1ccc(CN2CCN(C(=O)C3(C)CCc4c(C)c(OC)c(C)c(C)c4O3)CC2)c(OC)c1OC. The van der Waals surface area contributed by atoms with Crippen molar-refractivity contribution in [2.75, 3.05) is 54.6 Å². The number of carbonyl (C=O) groups is 1. The maximum absolute atomic E-state index is 13.7. The van der Waals surface area contributed by atoms with Crippen LogP contribution in [0.4, 0.5) is 0 Å². The zero-order chi connectivity index (χ0) is 26.9. The normalized spacial score (nSPS) is 19.6. The molecule has 2 aromatic carbocycles. The molecule has 202 valence electrons. The van der Waals surface area contributed by atoms with E-state index < -0.39 is 5.60 Å². The largest absolute Gasteiger partial charge is 0.496 e. The van der Waals surface area contributed by atoms with Crippen LogP contribution in [-0.2, 0) is 17.8 Å². The number of carbonyl (C=O) groups excluding carboxylic acids is 1. The molecule has 1 saturated heterocycles. The minimum Gasteiger partial charge on any atom is -0.496 e. The van der Waals surface area contributed by atoms with Crippen molar-refractivity contribution in [1.82, 2.24) is 9.80 Å². The molecule has 0 aliphatic carbocycles. The van der Waals surface area contributed by atoms with Gasteiger partial charge in [-0.25, -0.2) is 0 Å². The number of amides is 1. The van der Waals surface area contributed by atoms with Gasteiger partial charge in [0.25, 0.3) is 5.91 Å². The molecule has 8 heteroatoms. The molecule has 2 aliphatic rings. The summed E-state index contributed by atoms with van der Waals surface area (Å²) in [5.74, 6) is 3.73. The Hall–Kier alpha value is -3.13. The third-order valence-corrected chi connectivity index (χ3v) is 7.99. The lowest BCUT2D eigenvalue weighted by Crippen LogP contribution is -2.57. The monoisotopic (exact) mass is 512 g/mol. The molecule has 1 fully saturated rings. The summed E-state index contributed by atoms with van der Waals surface area (Å²) in [7, 11) is 6.57. The van der Waals surface area contributed by atoms with E-state index in [0.29, 0.717) is 43.3 Å². The van der Waals surface area contributed by atoms with Crippen molar-refractivity contribution in [1.29, 1.82) is 0 Å². The fraction of sp³-hybridized carbons (Fsp3) is 0.552. The zero-order valence-corrected chi connectivity index (χ0v) is 23.4. The summed E-state index contributed by atoms with van der Waals surface area (Å²) in [6, 6.07) is 3.91. The maximum atomic E-state index is 13.7. The van der Waals surface area contributed by atoms with E-state index in [9.17, 15) is 4.79 Å². The van der Waals surface area contributed by atoms with Crippen molar-refractivity contribution < 1.29 is 28.5 Å². The number of hydrogen-bond acceptors (Lipinski definition) is 7. The summed E-state index contributed by atoms with van der Waals surface area (Å²) in [4.78, 5) is 18.0. The molecule has 2 aliphatic heterocycles. The smallest absolute Gasteiger partial charge is 0.266 e. The number of piperazine rings is 1. The van der Waals surface area contributed by atoms with Crippen LogP contribution in [-0.4, -0.2) is 75.9 Å². The van der Waals surface area contributed by atoms with E-state index in [1.54, 1.807) is 28.4 Å². The predicted molar refractivity (Wildman–Crippen MR) is 143 cm³/mol. The van der Waals surface area contributed by atoms with Gasteiger partial charge in [0.1, 0.15) is 11.5 Å². The fourth-order valence-corrected chi connectivity index (χ4v) is 5.66. The average Bonchev–Trinajstić information content (AvgIpc) is 2.91. The molecule has 0 bridgehead atoms. The Balaban J connectivity index is 1.45. The molecule has 37 heavy (non-hydrogen) atoms. The lowest BCUT2D eigenvalue weighted by atomic mass is 9.86. The fourth-order valence-electron chi connectivity index (χ4n) is 5.66. The summed E-state index contributed by atoms with van der Waals surface area (Å²) < 4.78 is 28.8. The van der Waals surface area contributed by atoms with Gasteiger partial charge in [-0.05, 0) is 56.9 Å². The molecular formula is C29H40N2O6. The minimum absolute atomic E-state index is 0.0621. The Kier molecular flexibility index (Phi) is 7.78. The van der Waals surface area contributed by atoms with Gasteiger partial charge in [-0.15, -0.1) is 0 Å². The van der Waals surface area contributed by atoms with Crippen molar-refractivity contribution in [3.05, 3.63) is 39.9 Å². The van der Waals surface area contributed by atoms with Crippen molar-refractivity contribution in [2.24, 2.45) is 0 Å². The van der Waals surface area contributed by atoms with Gasteiger partial charge in [0.15, 0.2) is 17.1 Å². The van der Waals surface area contributed by atoms with Crippen LogP contribution in [0.3, 0.4) is 0 Å². The molecule has 0 spiro atoms. The third-order valence-electron chi connectivity index (χ3n) is 7.99. The Labute approximate surface area is 220 Å². The molecule has 0 saturated carbocycles.